The van der Waals surface area contributed by atoms with E-state index in [9.17, 15) is 0 Å². The van der Waals surface area contributed by atoms with E-state index in [-0.39, 0.29) is 24.0 Å². The molecule has 2 unspecified atom stereocenters. The molecule has 0 aromatic heterocycles. The van der Waals surface area contributed by atoms with Crippen LogP contribution >= 0.6 is 24.0 Å². The van der Waals surface area contributed by atoms with Crippen LogP contribution in [0.4, 0.5) is 0 Å². The molecule has 4 heteroatoms. The Kier molecular flexibility index (Phi) is 7.18. The van der Waals surface area contributed by atoms with Crippen molar-refractivity contribution in [1.29, 1.82) is 0 Å². The number of benzene rings is 1. The molecular weight excluding hydrogens is 397 g/mol. The zero-order valence-corrected chi connectivity index (χ0v) is 16.7. The smallest absolute Gasteiger partial charge is 0.193 e. The van der Waals surface area contributed by atoms with E-state index in [4.69, 9.17) is 4.99 Å². The van der Waals surface area contributed by atoms with Gasteiger partial charge in [-0.1, -0.05) is 37.3 Å². The molecule has 2 fully saturated rings. The molecule has 2 aliphatic rings. The van der Waals surface area contributed by atoms with Gasteiger partial charge in [0.2, 0.25) is 0 Å². The first kappa shape index (κ1) is 18.6. The van der Waals surface area contributed by atoms with E-state index in [0.717, 1.165) is 38.1 Å². The summed E-state index contributed by atoms with van der Waals surface area (Å²) in [6.07, 6.45) is 3.96. The van der Waals surface area contributed by atoms with Crippen molar-refractivity contribution in [3.8, 4) is 0 Å². The number of likely N-dealkylation sites (tertiary alicyclic amines) is 1. The van der Waals surface area contributed by atoms with Gasteiger partial charge in [0.1, 0.15) is 0 Å². The SMILES string of the molecule is CCNC(=NCC1CC1)N1CCC(c2ccccc2)C(C)C1.I. The molecular formula is C19H30IN3. The molecule has 1 aromatic rings. The largest absolute Gasteiger partial charge is 0.357 e. The number of rotatable bonds is 4. The minimum absolute atomic E-state index is 0. The second-order valence-corrected chi connectivity index (χ2v) is 6.87. The number of guanidine groups is 1. The van der Waals surface area contributed by atoms with Crippen molar-refractivity contribution < 1.29 is 0 Å². The molecule has 23 heavy (non-hydrogen) atoms. The van der Waals surface area contributed by atoms with Gasteiger partial charge in [0.25, 0.3) is 0 Å². The maximum absolute atomic E-state index is 4.86. The lowest BCUT2D eigenvalue weighted by molar-refractivity contribution is 0.234. The van der Waals surface area contributed by atoms with Crippen LogP contribution in [0.3, 0.4) is 0 Å². The Bertz CT molecular complexity index is 499. The Morgan fingerprint density at radius 1 is 1.22 bits per heavy atom. The third-order valence-corrected chi connectivity index (χ3v) is 4.96. The van der Waals surface area contributed by atoms with Crippen LogP contribution in [-0.2, 0) is 0 Å². The highest BCUT2D eigenvalue weighted by molar-refractivity contribution is 14.0. The quantitative estimate of drug-likeness (QED) is 0.445. The maximum atomic E-state index is 4.86. The van der Waals surface area contributed by atoms with E-state index in [1.807, 2.05) is 0 Å². The van der Waals surface area contributed by atoms with Crippen LogP contribution < -0.4 is 5.32 Å². The predicted molar refractivity (Wildman–Crippen MR) is 109 cm³/mol. The van der Waals surface area contributed by atoms with Gasteiger partial charge in [-0.3, -0.25) is 4.99 Å². The Morgan fingerprint density at radius 2 is 1.96 bits per heavy atom. The monoisotopic (exact) mass is 427 g/mol. The first-order valence-corrected chi connectivity index (χ1v) is 8.86. The highest BCUT2D eigenvalue weighted by Gasteiger charge is 2.29. The standard InChI is InChI=1S/C19H29N3.HI/c1-3-20-19(21-13-16-9-10-16)22-12-11-18(15(2)14-22)17-7-5-4-6-8-17;/h4-8,15-16,18H,3,9-14H2,1-2H3,(H,20,21);1H. The van der Waals surface area contributed by atoms with Crippen molar-refractivity contribution in [2.24, 2.45) is 16.8 Å². The lowest BCUT2D eigenvalue weighted by Crippen LogP contribution is -2.48. The number of halogens is 1. The van der Waals surface area contributed by atoms with Gasteiger partial charge < -0.3 is 10.2 Å². The van der Waals surface area contributed by atoms with Crippen LogP contribution in [0.2, 0.25) is 0 Å². The maximum Gasteiger partial charge on any atom is 0.193 e. The molecule has 1 N–H and O–H groups in total. The summed E-state index contributed by atoms with van der Waals surface area (Å²) in [6, 6.07) is 11.0. The molecule has 0 spiro atoms. The Morgan fingerprint density at radius 3 is 2.57 bits per heavy atom. The lowest BCUT2D eigenvalue weighted by atomic mass is 9.82. The van der Waals surface area contributed by atoms with Crippen molar-refractivity contribution in [2.45, 2.75) is 39.0 Å². The highest BCUT2D eigenvalue weighted by Crippen LogP contribution is 2.33. The van der Waals surface area contributed by atoms with E-state index in [0.29, 0.717) is 11.8 Å². The molecule has 0 bridgehead atoms. The Labute approximate surface area is 158 Å². The van der Waals surface area contributed by atoms with Gasteiger partial charge in [-0.25, -0.2) is 0 Å². The molecule has 0 radical (unpaired) electrons. The molecule has 3 nitrogen and oxygen atoms in total. The molecule has 1 aromatic carbocycles. The van der Waals surface area contributed by atoms with Gasteiger partial charge in [-0.2, -0.15) is 0 Å². The third kappa shape index (κ3) is 5.10. The number of piperidine rings is 1. The zero-order valence-electron chi connectivity index (χ0n) is 14.4. The topological polar surface area (TPSA) is 27.6 Å². The fourth-order valence-electron chi connectivity index (χ4n) is 3.48. The summed E-state index contributed by atoms with van der Waals surface area (Å²) in [5.41, 5.74) is 1.49. The normalized spacial score (nSPS) is 25.0. The van der Waals surface area contributed by atoms with Crippen LogP contribution in [0.1, 0.15) is 44.6 Å². The molecule has 1 aliphatic heterocycles. The third-order valence-electron chi connectivity index (χ3n) is 4.96. The van der Waals surface area contributed by atoms with Gasteiger partial charge in [-0.05, 0) is 49.5 Å². The number of hydrogen-bond acceptors (Lipinski definition) is 1. The molecule has 1 aliphatic carbocycles. The summed E-state index contributed by atoms with van der Waals surface area (Å²) in [5.74, 6) is 3.34. The van der Waals surface area contributed by atoms with Crippen molar-refractivity contribution >= 4 is 29.9 Å². The van der Waals surface area contributed by atoms with Gasteiger partial charge in [0, 0.05) is 26.2 Å². The molecule has 3 rings (SSSR count). The van der Waals surface area contributed by atoms with Gasteiger partial charge in [0.15, 0.2) is 5.96 Å². The summed E-state index contributed by atoms with van der Waals surface area (Å²) < 4.78 is 0. The number of nitrogens with one attached hydrogen (secondary N) is 1. The number of hydrogen-bond donors (Lipinski definition) is 1. The van der Waals surface area contributed by atoms with Crippen molar-refractivity contribution in [2.75, 3.05) is 26.2 Å². The number of aliphatic imine (C=N–C) groups is 1. The summed E-state index contributed by atoms with van der Waals surface area (Å²) >= 11 is 0. The summed E-state index contributed by atoms with van der Waals surface area (Å²) in [6.45, 7) is 8.73. The van der Waals surface area contributed by atoms with Crippen LogP contribution in [0, 0.1) is 11.8 Å². The molecule has 1 saturated carbocycles. The van der Waals surface area contributed by atoms with E-state index in [1.54, 1.807) is 0 Å². The number of nitrogens with zero attached hydrogens (tertiary/aromatic N) is 2. The van der Waals surface area contributed by atoms with Gasteiger partial charge in [-0.15, -0.1) is 24.0 Å². The lowest BCUT2D eigenvalue weighted by Gasteiger charge is -2.39. The van der Waals surface area contributed by atoms with E-state index >= 15 is 0 Å². The van der Waals surface area contributed by atoms with Crippen molar-refractivity contribution in [3.63, 3.8) is 0 Å². The minimum atomic E-state index is 0. The van der Waals surface area contributed by atoms with E-state index < -0.39 is 0 Å². The summed E-state index contributed by atoms with van der Waals surface area (Å²) in [5, 5.41) is 3.49. The zero-order chi connectivity index (χ0) is 15.4. The molecule has 2 atom stereocenters. The van der Waals surface area contributed by atoms with Crippen LogP contribution in [0.15, 0.2) is 35.3 Å². The van der Waals surface area contributed by atoms with Crippen molar-refractivity contribution in [3.05, 3.63) is 35.9 Å². The van der Waals surface area contributed by atoms with Gasteiger partial charge in [0.05, 0.1) is 0 Å². The van der Waals surface area contributed by atoms with Crippen molar-refractivity contribution in [1.82, 2.24) is 10.2 Å². The van der Waals surface area contributed by atoms with E-state index in [1.165, 1.54) is 24.8 Å². The molecule has 0 amide bonds. The fourth-order valence-corrected chi connectivity index (χ4v) is 3.48. The molecule has 1 heterocycles. The highest BCUT2D eigenvalue weighted by atomic mass is 127. The molecule has 128 valence electrons. The fraction of sp³-hybridized carbons (Fsp3) is 0.632. The Balaban J connectivity index is 0.00000192. The van der Waals surface area contributed by atoms with Crippen LogP contribution in [-0.4, -0.2) is 37.0 Å². The molecule has 1 saturated heterocycles. The van der Waals surface area contributed by atoms with Crippen LogP contribution in [0.25, 0.3) is 0 Å². The Hall–Kier alpha value is -0.780. The summed E-state index contributed by atoms with van der Waals surface area (Å²) in [7, 11) is 0. The first-order valence-electron chi connectivity index (χ1n) is 8.86. The average Bonchev–Trinajstić information content (AvgIpc) is 3.36. The van der Waals surface area contributed by atoms with Crippen LogP contribution in [0.5, 0.6) is 0 Å². The average molecular weight is 427 g/mol. The summed E-state index contributed by atoms with van der Waals surface area (Å²) in [4.78, 5) is 7.33. The van der Waals surface area contributed by atoms with Gasteiger partial charge >= 0.3 is 0 Å². The van der Waals surface area contributed by atoms with E-state index in [2.05, 4.69) is 54.4 Å². The second kappa shape index (κ2) is 8.90. The minimum Gasteiger partial charge on any atom is -0.357 e. The first-order chi connectivity index (χ1) is 10.8. The predicted octanol–water partition coefficient (Wildman–Crippen LogP) is 4.11. The second-order valence-electron chi connectivity index (χ2n) is 6.87.